The number of amides is 1. The number of hydrogen-bond acceptors (Lipinski definition) is 5. The predicted octanol–water partition coefficient (Wildman–Crippen LogP) is 3.17. The summed E-state index contributed by atoms with van der Waals surface area (Å²) in [4.78, 5) is 12.0. The van der Waals surface area contributed by atoms with E-state index in [-0.39, 0.29) is 16.3 Å². The van der Waals surface area contributed by atoms with Crippen molar-refractivity contribution in [2.45, 2.75) is 24.0 Å². The average molecular weight is 450 g/mol. The van der Waals surface area contributed by atoms with Crippen molar-refractivity contribution in [3.63, 3.8) is 0 Å². The second-order valence-corrected chi connectivity index (χ2v) is 7.76. The van der Waals surface area contributed by atoms with Crippen molar-refractivity contribution in [2.24, 2.45) is 0 Å². The quantitative estimate of drug-likeness (QED) is 0.632. The van der Waals surface area contributed by atoms with Gasteiger partial charge in [0.2, 0.25) is 15.9 Å². The van der Waals surface area contributed by atoms with Gasteiger partial charge in [0.05, 0.1) is 30.7 Å². The molecule has 0 saturated carbocycles. The lowest BCUT2D eigenvalue weighted by Gasteiger charge is -2.16. The fourth-order valence-electron chi connectivity index (χ4n) is 2.41. The van der Waals surface area contributed by atoms with Crippen molar-refractivity contribution >= 4 is 21.6 Å². The smallest absolute Gasteiger partial charge is 0.419 e. The number of rotatable bonds is 7. The second kappa shape index (κ2) is 8.88. The Morgan fingerprint density at radius 2 is 1.67 bits per heavy atom. The Kier molecular flexibility index (Phi) is 6.93. The van der Waals surface area contributed by atoms with Gasteiger partial charge in [-0.25, -0.2) is 12.8 Å². The summed E-state index contributed by atoms with van der Waals surface area (Å²) in [5, 5.41) is 2.12. The molecule has 2 aromatic rings. The number of benzene rings is 2. The maximum atomic E-state index is 13.3. The minimum Gasteiger partial charge on any atom is -0.493 e. The molecule has 0 aliphatic rings. The molecule has 1 atom stereocenters. The molecule has 0 fully saturated rings. The largest absolute Gasteiger partial charge is 0.493 e. The Labute approximate surface area is 170 Å². The molecule has 0 aliphatic carbocycles. The number of alkyl halides is 3. The summed E-state index contributed by atoms with van der Waals surface area (Å²) in [5.74, 6) is -2.01. The molecule has 0 bridgehead atoms. The topological polar surface area (TPSA) is 93.7 Å². The van der Waals surface area contributed by atoms with Gasteiger partial charge in [-0.05, 0) is 37.3 Å². The highest BCUT2D eigenvalue weighted by Gasteiger charge is 2.34. The Morgan fingerprint density at radius 1 is 1.03 bits per heavy atom. The molecule has 2 rings (SSSR count). The number of hydrogen-bond donors (Lipinski definition) is 2. The van der Waals surface area contributed by atoms with Crippen LogP contribution in [0, 0.1) is 5.82 Å². The lowest BCUT2D eigenvalue weighted by atomic mass is 10.1. The molecule has 1 amide bonds. The van der Waals surface area contributed by atoms with Crippen LogP contribution in [0.5, 0.6) is 11.5 Å². The van der Waals surface area contributed by atoms with Crippen LogP contribution in [0.1, 0.15) is 12.5 Å². The summed E-state index contributed by atoms with van der Waals surface area (Å²) in [6.45, 7) is 1.20. The van der Waals surface area contributed by atoms with Crippen LogP contribution in [0.4, 0.5) is 23.2 Å². The van der Waals surface area contributed by atoms with Crippen LogP contribution in [-0.4, -0.2) is 34.6 Å². The predicted molar refractivity (Wildman–Crippen MR) is 99.4 cm³/mol. The van der Waals surface area contributed by atoms with Crippen LogP contribution in [0.3, 0.4) is 0 Å². The summed E-state index contributed by atoms with van der Waals surface area (Å²) >= 11 is 0. The first-order chi connectivity index (χ1) is 13.9. The third kappa shape index (κ3) is 5.39. The first-order valence-electron chi connectivity index (χ1n) is 8.31. The van der Waals surface area contributed by atoms with Crippen LogP contribution in [0.25, 0.3) is 0 Å². The van der Waals surface area contributed by atoms with Gasteiger partial charge in [-0.3, -0.25) is 4.79 Å². The maximum Gasteiger partial charge on any atom is 0.419 e. The molecule has 164 valence electrons. The number of carbonyl (C=O) groups excluding carboxylic acids is 1. The molecule has 2 aromatic carbocycles. The van der Waals surface area contributed by atoms with E-state index in [2.05, 4.69) is 10.0 Å². The summed E-state index contributed by atoms with van der Waals surface area (Å²) in [6, 6.07) is 4.31. The molecule has 0 heterocycles. The Morgan fingerprint density at radius 3 is 2.23 bits per heavy atom. The highest BCUT2D eigenvalue weighted by Crippen LogP contribution is 2.33. The number of carbonyl (C=O) groups is 1. The zero-order chi connectivity index (χ0) is 22.7. The van der Waals surface area contributed by atoms with E-state index in [1.807, 2.05) is 0 Å². The van der Waals surface area contributed by atoms with E-state index in [1.165, 1.54) is 39.3 Å². The van der Waals surface area contributed by atoms with Crippen molar-refractivity contribution in [2.75, 3.05) is 19.5 Å². The van der Waals surface area contributed by atoms with E-state index >= 15 is 0 Å². The standard InChI is InChI=1S/C18H18F4N2O5S/c1-10(17(25)23-11-4-6-14(19)13(8-11)18(20,21)22)24-30(26,27)12-5-7-15(28-2)16(9-12)29-3/h4-10,24H,1-3H3,(H,23,25)/t10-/m0/s1. The van der Waals surface area contributed by atoms with Crippen LogP contribution >= 0.6 is 0 Å². The van der Waals surface area contributed by atoms with E-state index in [0.717, 1.165) is 6.07 Å². The zero-order valence-electron chi connectivity index (χ0n) is 16.0. The van der Waals surface area contributed by atoms with Gasteiger partial charge in [0.15, 0.2) is 11.5 Å². The molecule has 30 heavy (non-hydrogen) atoms. The number of ether oxygens (including phenoxy) is 2. The van der Waals surface area contributed by atoms with Gasteiger partial charge in [-0.15, -0.1) is 0 Å². The maximum absolute atomic E-state index is 13.3. The van der Waals surface area contributed by atoms with Crippen molar-refractivity contribution in [3.8, 4) is 11.5 Å². The number of nitrogens with one attached hydrogen (secondary N) is 2. The molecule has 0 radical (unpaired) electrons. The summed E-state index contributed by atoms with van der Waals surface area (Å²) in [6.07, 6.45) is -4.95. The van der Waals surface area contributed by atoms with Crippen LogP contribution < -0.4 is 19.5 Å². The molecule has 0 spiro atoms. The lowest BCUT2D eigenvalue weighted by Crippen LogP contribution is -2.41. The van der Waals surface area contributed by atoms with E-state index in [9.17, 15) is 30.8 Å². The first kappa shape index (κ1) is 23.4. The van der Waals surface area contributed by atoms with Gasteiger partial charge in [0, 0.05) is 11.8 Å². The fourth-order valence-corrected chi connectivity index (χ4v) is 3.63. The molecular formula is C18H18F4N2O5S. The third-order valence-electron chi connectivity index (χ3n) is 3.93. The highest BCUT2D eigenvalue weighted by atomic mass is 32.2. The summed E-state index contributed by atoms with van der Waals surface area (Å²) in [7, 11) is -1.49. The molecule has 0 saturated heterocycles. The van der Waals surface area contributed by atoms with Crippen LogP contribution in [0.15, 0.2) is 41.3 Å². The SMILES string of the molecule is COc1ccc(S(=O)(=O)N[C@@H](C)C(=O)Nc2ccc(F)c(C(F)(F)F)c2)cc1OC. The highest BCUT2D eigenvalue weighted by molar-refractivity contribution is 7.89. The van der Waals surface area contributed by atoms with E-state index in [0.29, 0.717) is 17.9 Å². The van der Waals surface area contributed by atoms with Gasteiger partial charge in [0.25, 0.3) is 0 Å². The molecule has 0 aliphatic heterocycles. The van der Waals surface area contributed by atoms with Crippen molar-refractivity contribution in [1.82, 2.24) is 4.72 Å². The number of halogens is 4. The normalized spacial score (nSPS) is 12.9. The van der Waals surface area contributed by atoms with Gasteiger partial charge >= 0.3 is 6.18 Å². The van der Waals surface area contributed by atoms with Gasteiger partial charge in [-0.2, -0.15) is 17.9 Å². The van der Waals surface area contributed by atoms with Crippen molar-refractivity contribution in [1.29, 1.82) is 0 Å². The van der Waals surface area contributed by atoms with Crippen molar-refractivity contribution in [3.05, 3.63) is 47.8 Å². The second-order valence-electron chi connectivity index (χ2n) is 6.04. The molecular weight excluding hydrogens is 432 g/mol. The molecule has 7 nitrogen and oxygen atoms in total. The molecule has 0 unspecified atom stereocenters. The Balaban J connectivity index is 2.17. The fraction of sp³-hybridized carbons (Fsp3) is 0.278. The molecule has 2 N–H and O–H groups in total. The number of methoxy groups -OCH3 is 2. The average Bonchev–Trinajstić information content (AvgIpc) is 2.67. The number of anilines is 1. The third-order valence-corrected chi connectivity index (χ3v) is 5.47. The monoisotopic (exact) mass is 450 g/mol. The van der Waals surface area contributed by atoms with E-state index in [4.69, 9.17) is 9.47 Å². The van der Waals surface area contributed by atoms with Gasteiger partial charge in [-0.1, -0.05) is 0 Å². The van der Waals surface area contributed by atoms with Crippen LogP contribution in [0.2, 0.25) is 0 Å². The van der Waals surface area contributed by atoms with Gasteiger partial charge in [0.1, 0.15) is 5.82 Å². The zero-order valence-corrected chi connectivity index (χ0v) is 16.8. The Hall–Kier alpha value is -2.86. The van der Waals surface area contributed by atoms with Crippen LogP contribution in [-0.2, 0) is 21.0 Å². The molecule has 12 heteroatoms. The summed E-state index contributed by atoms with van der Waals surface area (Å²) < 4.78 is 88.9. The number of sulfonamides is 1. The lowest BCUT2D eigenvalue weighted by molar-refractivity contribution is -0.140. The van der Waals surface area contributed by atoms with Gasteiger partial charge < -0.3 is 14.8 Å². The van der Waals surface area contributed by atoms with E-state index < -0.39 is 39.5 Å². The van der Waals surface area contributed by atoms with Crippen molar-refractivity contribution < 1.29 is 40.2 Å². The molecule has 0 aromatic heterocycles. The van der Waals surface area contributed by atoms with E-state index in [1.54, 1.807) is 0 Å². The first-order valence-corrected chi connectivity index (χ1v) is 9.79. The summed E-state index contributed by atoms with van der Waals surface area (Å²) in [5.41, 5.74) is -1.90. The minimum atomic E-state index is -4.95. The minimum absolute atomic E-state index is 0.142. The Bertz CT molecular complexity index is 1040.